The van der Waals surface area contributed by atoms with Gasteiger partial charge in [0, 0.05) is 23.5 Å². The highest BCUT2D eigenvalue weighted by Crippen LogP contribution is 2.68. The molecule has 4 bridgehead atoms. The van der Waals surface area contributed by atoms with Gasteiger partial charge in [-0.25, -0.2) is 0 Å². The summed E-state index contributed by atoms with van der Waals surface area (Å²) in [4.78, 5) is 18.3. The lowest BCUT2D eigenvalue weighted by atomic mass is 9.42. The lowest BCUT2D eigenvalue weighted by Crippen LogP contribution is -2.52. The Morgan fingerprint density at radius 3 is 2.53 bits per heavy atom. The number of Topliss-reactive ketones (excluding diaryl/α,β-unsaturated/α-hetero) is 1. The molecule has 0 radical (unpaired) electrons. The molecule has 4 saturated carbocycles. The SMILES string of the molecule is CC(=O)c1cc(N2CCCc3c2ccc(CC2=Cc4ccccc4C2)c3C)ccc1C1=C(C)C(CC23CC4CC(CC(CCCN(C)C)(C4)C2)C3)C=C1. The molecule has 3 atom stereocenters. The zero-order valence-electron chi connectivity index (χ0n) is 33.1. The number of carbonyl (C=O) groups is 1. The predicted octanol–water partition coefficient (Wildman–Crippen LogP) is 11.7. The number of hydrogen-bond acceptors (Lipinski definition) is 3. The minimum Gasteiger partial charge on any atom is -0.341 e. The molecule has 6 aliphatic carbocycles. The Morgan fingerprint density at radius 2 is 1.75 bits per heavy atom. The normalized spacial score (nSPS) is 28.2. The van der Waals surface area contributed by atoms with Gasteiger partial charge in [0.1, 0.15) is 0 Å². The Balaban J connectivity index is 0.949. The third kappa shape index (κ3) is 6.49. The van der Waals surface area contributed by atoms with Crippen LogP contribution in [0.3, 0.4) is 0 Å². The molecule has 0 N–H and O–H groups in total. The Kier molecular flexibility index (Phi) is 8.96. The molecule has 53 heavy (non-hydrogen) atoms. The van der Waals surface area contributed by atoms with Crippen molar-refractivity contribution < 1.29 is 4.79 Å². The second-order valence-corrected chi connectivity index (χ2v) is 18.9. The minimum absolute atomic E-state index is 0.161. The van der Waals surface area contributed by atoms with Gasteiger partial charge < -0.3 is 9.80 Å². The summed E-state index contributed by atoms with van der Waals surface area (Å²) in [7, 11) is 4.45. The van der Waals surface area contributed by atoms with E-state index in [1.54, 1.807) is 6.92 Å². The molecule has 3 aromatic rings. The highest BCUT2D eigenvalue weighted by Gasteiger charge is 2.57. The molecule has 0 aromatic heterocycles. The topological polar surface area (TPSA) is 23.6 Å². The summed E-state index contributed by atoms with van der Waals surface area (Å²) in [6.45, 7) is 8.66. The van der Waals surface area contributed by atoms with Gasteiger partial charge in [-0.3, -0.25) is 4.79 Å². The molecular weight excluding hydrogens is 645 g/mol. The number of allylic oxidation sites excluding steroid dienone is 5. The molecule has 3 nitrogen and oxygen atoms in total. The summed E-state index contributed by atoms with van der Waals surface area (Å²) < 4.78 is 0. The molecule has 1 aliphatic heterocycles. The van der Waals surface area contributed by atoms with Gasteiger partial charge in [0.15, 0.2) is 5.78 Å². The molecular formula is C50H60N2O. The van der Waals surface area contributed by atoms with Crippen LogP contribution in [0.5, 0.6) is 0 Å². The maximum atomic E-state index is 13.4. The van der Waals surface area contributed by atoms with Crippen molar-refractivity contribution in [1.29, 1.82) is 0 Å². The van der Waals surface area contributed by atoms with Crippen molar-refractivity contribution >= 4 is 28.8 Å². The van der Waals surface area contributed by atoms with E-state index in [-0.39, 0.29) is 5.78 Å². The molecule has 1 heterocycles. The molecule has 3 unspecified atom stereocenters. The first-order chi connectivity index (χ1) is 25.6. The van der Waals surface area contributed by atoms with Crippen molar-refractivity contribution in [2.75, 3.05) is 32.1 Å². The fourth-order valence-corrected chi connectivity index (χ4v) is 12.9. The van der Waals surface area contributed by atoms with Gasteiger partial charge in [0.25, 0.3) is 0 Å². The zero-order chi connectivity index (χ0) is 36.5. The number of fused-ring (bicyclic) bond motifs is 2. The van der Waals surface area contributed by atoms with Crippen LogP contribution in [0.1, 0.15) is 122 Å². The van der Waals surface area contributed by atoms with Gasteiger partial charge in [0.2, 0.25) is 0 Å². The van der Waals surface area contributed by atoms with E-state index < -0.39 is 0 Å². The summed E-state index contributed by atoms with van der Waals surface area (Å²) in [5, 5.41) is 0. The Hall–Kier alpha value is -3.69. The number of nitrogens with zero attached hydrogens (tertiary/aromatic N) is 2. The summed E-state index contributed by atoms with van der Waals surface area (Å²) >= 11 is 0. The number of anilines is 2. The summed E-state index contributed by atoms with van der Waals surface area (Å²) in [6.07, 6.45) is 24.5. The number of benzene rings is 3. The maximum Gasteiger partial charge on any atom is 0.160 e. The van der Waals surface area contributed by atoms with Gasteiger partial charge in [-0.1, -0.05) is 65.8 Å². The lowest BCUT2D eigenvalue weighted by Gasteiger charge is -2.63. The number of carbonyl (C=O) groups excluding carboxylic acids is 1. The van der Waals surface area contributed by atoms with Crippen molar-refractivity contribution in [3.63, 3.8) is 0 Å². The zero-order valence-corrected chi connectivity index (χ0v) is 33.1. The molecule has 0 spiro atoms. The minimum atomic E-state index is 0.161. The third-order valence-electron chi connectivity index (χ3n) is 14.8. The van der Waals surface area contributed by atoms with Gasteiger partial charge in [0.05, 0.1) is 0 Å². The van der Waals surface area contributed by atoms with Crippen molar-refractivity contribution in [2.45, 2.75) is 104 Å². The molecule has 0 saturated heterocycles. The first-order valence-corrected chi connectivity index (χ1v) is 20.9. The molecule has 0 amide bonds. The van der Waals surface area contributed by atoms with Gasteiger partial charge in [-0.2, -0.15) is 0 Å². The first-order valence-electron chi connectivity index (χ1n) is 20.9. The molecule has 3 heteroatoms. The van der Waals surface area contributed by atoms with Crippen LogP contribution in [0.4, 0.5) is 11.4 Å². The van der Waals surface area contributed by atoms with E-state index in [4.69, 9.17) is 0 Å². The average molecular weight is 705 g/mol. The second kappa shape index (κ2) is 13.6. The molecule has 4 fully saturated rings. The van der Waals surface area contributed by atoms with Crippen LogP contribution in [0.25, 0.3) is 11.6 Å². The molecule has 3 aromatic carbocycles. The monoisotopic (exact) mass is 704 g/mol. The van der Waals surface area contributed by atoms with E-state index in [1.165, 1.54) is 115 Å². The summed E-state index contributed by atoms with van der Waals surface area (Å²) in [5.41, 5.74) is 17.0. The second-order valence-electron chi connectivity index (χ2n) is 18.9. The van der Waals surface area contributed by atoms with Crippen LogP contribution < -0.4 is 4.90 Å². The van der Waals surface area contributed by atoms with E-state index in [1.807, 2.05) is 0 Å². The fourth-order valence-electron chi connectivity index (χ4n) is 12.9. The lowest BCUT2D eigenvalue weighted by molar-refractivity contribution is -0.120. The third-order valence-corrected chi connectivity index (χ3v) is 14.8. The number of hydrogen-bond donors (Lipinski definition) is 0. The Morgan fingerprint density at radius 1 is 0.962 bits per heavy atom. The predicted molar refractivity (Wildman–Crippen MR) is 222 cm³/mol. The van der Waals surface area contributed by atoms with E-state index in [2.05, 4.69) is 111 Å². The highest BCUT2D eigenvalue weighted by molar-refractivity contribution is 6.02. The highest BCUT2D eigenvalue weighted by atomic mass is 16.1. The number of ketones is 1. The average Bonchev–Trinajstić information content (AvgIpc) is 3.70. The van der Waals surface area contributed by atoms with Crippen molar-refractivity contribution in [3.8, 4) is 0 Å². The first kappa shape index (κ1) is 35.0. The Bertz CT molecular complexity index is 2030. The molecule has 276 valence electrons. The maximum absolute atomic E-state index is 13.4. The van der Waals surface area contributed by atoms with Crippen LogP contribution in [-0.4, -0.2) is 37.9 Å². The van der Waals surface area contributed by atoms with Crippen LogP contribution in [-0.2, 0) is 19.3 Å². The number of rotatable bonds is 11. The van der Waals surface area contributed by atoms with Crippen molar-refractivity contribution in [2.24, 2.45) is 28.6 Å². The van der Waals surface area contributed by atoms with E-state index in [9.17, 15) is 4.79 Å². The van der Waals surface area contributed by atoms with Gasteiger partial charge in [-0.05, 0) is 211 Å². The van der Waals surface area contributed by atoms with E-state index in [0.717, 1.165) is 60.9 Å². The van der Waals surface area contributed by atoms with Gasteiger partial charge in [-0.15, -0.1) is 0 Å². The van der Waals surface area contributed by atoms with E-state index >= 15 is 0 Å². The standard InChI is InChI=1S/C50H60N2O/c1-33-39(23-36-24-40-10-6-7-11-41(40)25-36)14-18-48-45(33)12-8-21-52(48)43-15-17-46(47(26-43)35(3)53)44-16-13-42(34(44)2)31-50-29-37-22-38(30-50)28-49(27-37,32-50)19-9-20-51(4)5/h6-7,10-11,13-18,24,26,37-38,42H,8-9,12,19-23,25,27-32H2,1-5H3. The Labute approximate surface area is 319 Å². The van der Waals surface area contributed by atoms with Crippen molar-refractivity contribution in [3.05, 3.63) is 117 Å². The van der Waals surface area contributed by atoms with Crippen LogP contribution in [0.15, 0.2) is 77.9 Å². The smallest absolute Gasteiger partial charge is 0.160 e. The summed E-state index contributed by atoms with van der Waals surface area (Å²) in [6, 6.07) is 20.3. The van der Waals surface area contributed by atoms with Crippen molar-refractivity contribution in [1.82, 2.24) is 4.90 Å². The summed E-state index contributed by atoms with van der Waals surface area (Å²) in [5.74, 6) is 2.54. The van der Waals surface area contributed by atoms with Gasteiger partial charge >= 0.3 is 0 Å². The molecule has 7 aliphatic rings. The largest absolute Gasteiger partial charge is 0.341 e. The van der Waals surface area contributed by atoms with E-state index in [0.29, 0.717) is 16.7 Å². The fraction of sp³-hybridized carbons (Fsp3) is 0.500. The van der Waals surface area contributed by atoms with Crippen LogP contribution in [0.2, 0.25) is 0 Å². The quantitative estimate of drug-likeness (QED) is 0.186. The van der Waals surface area contributed by atoms with Crippen LogP contribution in [0, 0.1) is 35.5 Å². The van der Waals surface area contributed by atoms with Crippen LogP contribution >= 0.6 is 0 Å². The molecule has 10 rings (SSSR count).